The molecule has 0 aliphatic heterocycles. The SMILES string of the molecule is CC(=O)c1ccc(OCc2cncc(Cl)c2)cc1. The number of pyridine rings is 1. The third kappa shape index (κ3) is 3.31. The van der Waals surface area contributed by atoms with E-state index in [4.69, 9.17) is 16.3 Å². The number of carbonyl (C=O) groups is 1. The zero-order valence-electron chi connectivity index (χ0n) is 9.89. The van der Waals surface area contributed by atoms with Crippen molar-refractivity contribution in [2.75, 3.05) is 0 Å². The van der Waals surface area contributed by atoms with Crippen molar-refractivity contribution >= 4 is 17.4 Å². The maximum absolute atomic E-state index is 11.1. The summed E-state index contributed by atoms with van der Waals surface area (Å²) in [5, 5.41) is 0.586. The van der Waals surface area contributed by atoms with Crippen LogP contribution in [0.3, 0.4) is 0 Å². The Morgan fingerprint density at radius 1 is 1.28 bits per heavy atom. The Hall–Kier alpha value is -1.87. The zero-order chi connectivity index (χ0) is 13.0. The number of hydrogen-bond donors (Lipinski definition) is 0. The van der Waals surface area contributed by atoms with Gasteiger partial charge in [-0.25, -0.2) is 0 Å². The predicted octanol–water partition coefficient (Wildman–Crippen LogP) is 3.52. The second-order valence-corrected chi connectivity index (χ2v) is 4.32. The molecule has 0 atom stereocenters. The van der Waals surface area contributed by atoms with Crippen LogP contribution >= 0.6 is 11.6 Å². The first kappa shape index (κ1) is 12.6. The van der Waals surface area contributed by atoms with Gasteiger partial charge in [-0.1, -0.05) is 11.6 Å². The summed E-state index contributed by atoms with van der Waals surface area (Å²) >= 11 is 5.83. The van der Waals surface area contributed by atoms with E-state index in [0.29, 0.717) is 22.9 Å². The summed E-state index contributed by atoms with van der Waals surface area (Å²) in [5.74, 6) is 0.751. The van der Waals surface area contributed by atoms with Crippen LogP contribution in [0, 0.1) is 0 Å². The van der Waals surface area contributed by atoms with Crippen molar-refractivity contribution in [2.24, 2.45) is 0 Å². The zero-order valence-corrected chi connectivity index (χ0v) is 10.6. The Morgan fingerprint density at radius 3 is 2.61 bits per heavy atom. The van der Waals surface area contributed by atoms with Gasteiger partial charge in [0.05, 0.1) is 5.02 Å². The van der Waals surface area contributed by atoms with Crippen molar-refractivity contribution < 1.29 is 9.53 Å². The molecule has 92 valence electrons. The maximum atomic E-state index is 11.1. The van der Waals surface area contributed by atoms with Crippen molar-refractivity contribution in [3.8, 4) is 5.75 Å². The van der Waals surface area contributed by atoms with Crippen molar-refractivity contribution in [3.05, 3.63) is 58.9 Å². The van der Waals surface area contributed by atoms with Gasteiger partial charge in [0.25, 0.3) is 0 Å². The minimum absolute atomic E-state index is 0.0422. The van der Waals surface area contributed by atoms with Gasteiger partial charge in [-0.05, 0) is 37.3 Å². The normalized spacial score (nSPS) is 10.1. The number of nitrogens with zero attached hydrogens (tertiary/aromatic N) is 1. The van der Waals surface area contributed by atoms with E-state index in [1.807, 2.05) is 0 Å². The fourth-order valence-electron chi connectivity index (χ4n) is 1.49. The van der Waals surface area contributed by atoms with Gasteiger partial charge in [-0.3, -0.25) is 9.78 Å². The lowest BCUT2D eigenvalue weighted by atomic mass is 10.1. The van der Waals surface area contributed by atoms with Crippen molar-refractivity contribution in [2.45, 2.75) is 13.5 Å². The van der Waals surface area contributed by atoms with E-state index in [1.165, 1.54) is 6.92 Å². The number of Topliss-reactive ketones (excluding diaryl/α,β-unsaturated/α-hetero) is 1. The fraction of sp³-hybridized carbons (Fsp3) is 0.143. The molecule has 0 N–H and O–H groups in total. The quantitative estimate of drug-likeness (QED) is 0.791. The fourth-order valence-corrected chi connectivity index (χ4v) is 1.68. The molecule has 4 heteroatoms. The maximum Gasteiger partial charge on any atom is 0.159 e. The lowest BCUT2D eigenvalue weighted by Crippen LogP contribution is -1.97. The lowest BCUT2D eigenvalue weighted by molar-refractivity contribution is 0.101. The predicted molar refractivity (Wildman–Crippen MR) is 70.0 cm³/mol. The third-order valence-corrected chi connectivity index (χ3v) is 2.63. The van der Waals surface area contributed by atoms with Crippen LogP contribution < -0.4 is 4.74 Å². The average Bonchev–Trinajstić information content (AvgIpc) is 2.37. The van der Waals surface area contributed by atoms with Gasteiger partial charge in [0.15, 0.2) is 5.78 Å². The van der Waals surface area contributed by atoms with E-state index in [2.05, 4.69) is 4.98 Å². The van der Waals surface area contributed by atoms with Gasteiger partial charge < -0.3 is 4.74 Å². The topological polar surface area (TPSA) is 39.2 Å². The highest BCUT2D eigenvalue weighted by Crippen LogP contribution is 2.15. The molecule has 0 saturated carbocycles. The van der Waals surface area contributed by atoms with Gasteiger partial charge in [0.1, 0.15) is 12.4 Å². The highest BCUT2D eigenvalue weighted by molar-refractivity contribution is 6.30. The number of ketones is 1. The van der Waals surface area contributed by atoms with Crippen LogP contribution in [0.25, 0.3) is 0 Å². The number of aromatic nitrogens is 1. The molecule has 0 saturated heterocycles. The molecule has 1 heterocycles. The summed E-state index contributed by atoms with van der Waals surface area (Å²) in [7, 11) is 0. The monoisotopic (exact) mass is 261 g/mol. The summed E-state index contributed by atoms with van der Waals surface area (Å²) in [6.45, 7) is 1.93. The Labute approximate surface area is 110 Å². The second-order valence-electron chi connectivity index (χ2n) is 3.88. The van der Waals surface area contributed by atoms with Crippen molar-refractivity contribution in [1.29, 1.82) is 0 Å². The molecular weight excluding hydrogens is 250 g/mol. The Balaban J connectivity index is 2.00. The summed E-state index contributed by atoms with van der Waals surface area (Å²) in [6.07, 6.45) is 3.28. The van der Waals surface area contributed by atoms with Crippen LogP contribution in [-0.4, -0.2) is 10.8 Å². The minimum Gasteiger partial charge on any atom is -0.489 e. The van der Waals surface area contributed by atoms with Gasteiger partial charge in [0.2, 0.25) is 0 Å². The van der Waals surface area contributed by atoms with E-state index in [9.17, 15) is 4.79 Å². The number of hydrogen-bond acceptors (Lipinski definition) is 3. The Bertz CT molecular complexity index is 552. The Morgan fingerprint density at radius 2 is 2.00 bits per heavy atom. The van der Waals surface area contributed by atoms with Crippen LogP contribution in [-0.2, 0) is 6.61 Å². The molecule has 2 aromatic rings. The lowest BCUT2D eigenvalue weighted by Gasteiger charge is -2.06. The van der Waals surface area contributed by atoms with Crippen molar-refractivity contribution in [1.82, 2.24) is 4.98 Å². The summed E-state index contributed by atoms with van der Waals surface area (Å²) in [4.78, 5) is 15.1. The molecule has 0 unspecified atom stereocenters. The molecule has 0 fully saturated rings. The molecule has 0 radical (unpaired) electrons. The average molecular weight is 262 g/mol. The highest BCUT2D eigenvalue weighted by atomic mass is 35.5. The molecule has 0 aliphatic rings. The summed E-state index contributed by atoms with van der Waals surface area (Å²) in [6, 6.07) is 8.84. The Kier molecular flexibility index (Phi) is 3.95. The van der Waals surface area contributed by atoms with Gasteiger partial charge in [-0.15, -0.1) is 0 Å². The molecule has 18 heavy (non-hydrogen) atoms. The van der Waals surface area contributed by atoms with Crippen LogP contribution in [0.15, 0.2) is 42.7 Å². The summed E-state index contributed by atoms with van der Waals surface area (Å²) in [5.41, 5.74) is 1.57. The molecular formula is C14H12ClNO2. The number of benzene rings is 1. The highest BCUT2D eigenvalue weighted by Gasteiger charge is 2.00. The minimum atomic E-state index is 0.0422. The van der Waals surface area contributed by atoms with Gasteiger partial charge >= 0.3 is 0 Å². The molecule has 0 spiro atoms. The van der Waals surface area contributed by atoms with Crippen molar-refractivity contribution in [3.63, 3.8) is 0 Å². The first-order valence-corrected chi connectivity index (χ1v) is 5.86. The first-order valence-electron chi connectivity index (χ1n) is 5.48. The molecule has 0 aliphatic carbocycles. The van der Waals surface area contributed by atoms with E-state index in [1.54, 1.807) is 42.7 Å². The molecule has 3 nitrogen and oxygen atoms in total. The van der Waals surface area contributed by atoms with E-state index in [-0.39, 0.29) is 5.78 Å². The van der Waals surface area contributed by atoms with Crippen LogP contribution in [0.4, 0.5) is 0 Å². The largest absolute Gasteiger partial charge is 0.489 e. The van der Waals surface area contributed by atoms with E-state index < -0.39 is 0 Å². The van der Waals surface area contributed by atoms with Gasteiger partial charge in [-0.2, -0.15) is 0 Å². The van der Waals surface area contributed by atoms with Crippen LogP contribution in [0.2, 0.25) is 5.02 Å². The number of halogens is 1. The van der Waals surface area contributed by atoms with Gasteiger partial charge in [0, 0.05) is 23.5 Å². The van der Waals surface area contributed by atoms with Crippen LogP contribution in [0.5, 0.6) is 5.75 Å². The van der Waals surface area contributed by atoms with E-state index in [0.717, 1.165) is 5.56 Å². The molecule has 1 aromatic heterocycles. The molecule has 0 amide bonds. The smallest absolute Gasteiger partial charge is 0.159 e. The molecule has 2 rings (SSSR count). The van der Waals surface area contributed by atoms with Crippen LogP contribution in [0.1, 0.15) is 22.8 Å². The summed E-state index contributed by atoms with van der Waals surface area (Å²) < 4.78 is 5.57. The number of rotatable bonds is 4. The first-order chi connectivity index (χ1) is 8.65. The number of ether oxygens (including phenoxy) is 1. The second kappa shape index (κ2) is 5.65. The standard InChI is InChI=1S/C14H12ClNO2/c1-10(17)12-2-4-14(5-3-12)18-9-11-6-13(15)8-16-7-11/h2-8H,9H2,1H3. The third-order valence-electron chi connectivity index (χ3n) is 2.43. The number of carbonyl (C=O) groups excluding carboxylic acids is 1. The molecule has 1 aromatic carbocycles. The molecule has 0 bridgehead atoms. The van der Waals surface area contributed by atoms with E-state index >= 15 is 0 Å².